The van der Waals surface area contributed by atoms with E-state index in [1.807, 2.05) is 36.2 Å². The molecule has 0 fully saturated rings. The molecule has 2 aromatic rings. The van der Waals surface area contributed by atoms with Crippen LogP contribution in [0.4, 0.5) is 6.01 Å². The van der Waals surface area contributed by atoms with Crippen molar-refractivity contribution in [3.05, 3.63) is 35.7 Å². The predicted molar refractivity (Wildman–Crippen MR) is 73.8 cm³/mol. The van der Waals surface area contributed by atoms with Crippen LogP contribution in [0.2, 0.25) is 0 Å². The highest BCUT2D eigenvalue weighted by Gasteiger charge is 2.12. The quantitative estimate of drug-likeness (QED) is 0.762. The minimum absolute atomic E-state index is 0.470. The summed E-state index contributed by atoms with van der Waals surface area (Å²) in [7, 11) is 3.55. The van der Waals surface area contributed by atoms with Crippen LogP contribution in [-0.2, 0) is 13.0 Å². The second kappa shape index (κ2) is 6.43. The molecular weight excluding hydrogens is 266 g/mol. The van der Waals surface area contributed by atoms with Gasteiger partial charge in [-0.1, -0.05) is 23.3 Å². The minimum Gasteiger partial charge on any atom is -0.496 e. The molecule has 19 heavy (non-hydrogen) atoms. The van der Waals surface area contributed by atoms with Gasteiger partial charge in [-0.25, -0.2) is 0 Å². The lowest BCUT2D eigenvalue weighted by Gasteiger charge is -2.15. The highest BCUT2D eigenvalue weighted by atomic mass is 35.5. The Kier molecular flexibility index (Phi) is 4.63. The maximum Gasteiger partial charge on any atom is 0.318 e. The first kappa shape index (κ1) is 13.7. The average Bonchev–Trinajstić information content (AvgIpc) is 2.88. The molecule has 0 spiro atoms. The van der Waals surface area contributed by atoms with Gasteiger partial charge in [-0.05, 0) is 6.07 Å². The van der Waals surface area contributed by atoms with Crippen LogP contribution in [0.5, 0.6) is 5.75 Å². The molecule has 6 heteroatoms. The Morgan fingerprint density at radius 3 is 2.84 bits per heavy atom. The van der Waals surface area contributed by atoms with Crippen molar-refractivity contribution in [2.24, 2.45) is 0 Å². The van der Waals surface area contributed by atoms with E-state index in [2.05, 4.69) is 10.2 Å². The molecule has 0 amide bonds. The smallest absolute Gasteiger partial charge is 0.318 e. The first-order valence-electron chi connectivity index (χ1n) is 5.96. The number of aromatic nitrogens is 2. The van der Waals surface area contributed by atoms with Gasteiger partial charge in [0.05, 0.1) is 13.7 Å². The molecule has 0 aliphatic carbocycles. The van der Waals surface area contributed by atoms with Crippen molar-refractivity contribution < 1.29 is 9.15 Å². The van der Waals surface area contributed by atoms with Gasteiger partial charge >= 0.3 is 6.01 Å². The molecule has 5 nitrogen and oxygen atoms in total. The maximum atomic E-state index is 5.64. The molecular formula is C13H16ClN3O2. The summed E-state index contributed by atoms with van der Waals surface area (Å²) in [5.74, 6) is 1.87. The molecule has 0 saturated heterocycles. The van der Waals surface area contributed by atoms with Gasteiger partial charge in [-0.2, -0.15) is 0 Å². The van der Waals surface area contributed by atoms with E-state index in [4.69, 9.17) is 20.8 Å². The zero-order valence-electron chi connectivity index (χ0n) is 11.0. The van der Waals surface area contributed by atoms with Crippen LogP contribution in [0, 0.1) is 0 Å². The maximum absolute atomic E-state index is 5.64. The third-order valence-electron chi connectivity index (χ3n) is 2.69. The Bertz CT molecular complexity index is 530. The number of methoxy groups -OCH3 is 1. The number of anilines is 1. The van der Waals surface area contributed by atoms with Crippen LogP contribution in [-0.4, -0.2) is 30.2 Å². The highest BCUT2D eigenvalue weighted by molar-refractivity contribution is 6.17. The summed E-state index contributed by atoms with van der Waals surface area (Å²) < 4.78 is 10.8. The molecule has 0 N–H and O–H groups in total. The Morgan fingerprint density at radius 1 is 1.32 bits per heavy atom. The van der Waals surface area contributed by atoms with E-state index in [-0.39, 0.29) is 0 Å². The minimum atomic E-state index is 0.470. The van der Waals surface area contributed by atoms with Gasteiger partial charge in [-0.15, -0.1) is 16.7 Å². The highest BCUT2D eigenvalue weighted by Crippen LogP contribution is 2.21. The molecule has 1 aromatic carbocycles. The van der Waals surface area contributed by atoms with E-state index in [0.29, 0.717) is 30.8 Å². The van der Waals surface area contributed by atoms with Crippen molar-refractivity contribution in [2.45, 2.75) is 13.0 Å². The van der Waals surface area contributed by atoms with Gasteiger partial charge in [0, 0.05) is 24.9 Å². The van der Waals surface area contributed by atoms with E-state index in [1.165, 1.54) is 0 Å². The number of nitrogens with zero attached hydrogens (tertiary/aromatic N) is 3. The Balaban J connectivity index is 2.09. The lowest BCUT2D eigenvalue weighted by atomic mass is 10.2. The summed E-state index contributed by atoms with van der Waals surface area (Å²) >= 11 is 5.64. The van der Waals surface area contributed by atoms with Gasteiger partial charge in [0.1, 0.15) is 5.75 Å². The zero-order chi connectivity index (χ0) is 13.7. The van der Waals surface area contributed by atoms with Crippen LogP contribution in [0.1, 0.15) is 11.5 Å². The van der Waals surface area contributed by atoms with Crippen molar-refractivity contribution in [2.75, 3.05) is 24.9 Å². The van der Waals surface area contributed by atoms with Gasteiger partial charge in [0.2, 0.25) is 5.89 Å². The number of hydrogen-bond donors (Lipinski definition) is 0. The number of para-hydroxylation sites is 1. The van der Waals surface area contributed by atoms with Crippen LogP contribution >= 0.6 is 11.6 Å². The number of rotatable bonds is 6. The average molecular weight is 282 g/mol. The third kappa shape index (κ3) is 3.38. The fourth-order valence-electron chi connectivity index (χ4n) is 1.74. The largest absolute Gasteiger partial charge is 0.496 e. The summed E-state index contributed by atoms with van der Waals surface area (Å²) in [6, 6.07) is 8.32. The molecule has 0 unspecified atom stereocenters. The third-order valence-corrected chi connectivity index (χ3v) is 2.88. The topological polar surface area (TPSA) is 51.4 Å². The summed E-state index contributed by atoms with van der Waals surface area (Å²) in [6.07, 6.45) is 0.580. The molecule has 102 valence electrons. The SMILES string of the molecule is COc1ccccc1CN(C)c1nnc(CCCl)o1. The number of benzene rings is 1. The number of alkyl halides is 1. The number of ether oxygens (including phenoxy) is 1. The second-order valence-corrected chi connectivity index (χ2v) is 4.46. The van der Waals surface area contributed by atoms with Crippen molar-refractivity contribution in [1.82, 2.24) is 10.2 Å². The number of halogens is 1. The van der Waals surface area contributed by atoms with Crippen molar-refractivity contribution >= 4 is 17.6 Å². The van der Waals surface area contributed by atoms with E-state index in [9.17, 15) is 0 Å². The van der Waals surface area contributed by atoms with E-state index in [0.717, 1.165) is 11.3 Å². The van der Waals surface area contributed by atoms with Gasteiger partial charge in [-0.3, -0.25) is 0 Å². The monoisotopic (exact) mass is 281 g/mol. The van der Waals surface area contributed by atoms with Gasteiger partial charge in [0.25, 0.3) is 0 Å². The van der Waals surface area contributed by atoms with Crippen LogP contribution in [0.25, 0.3) is 0 Å². The number of aryl methyl sites for hydroxylation is 1. The van der Waals surface area contributed by atoms with Crippen LogP contribution in [0.3, 0.4) is 0 Å². The summed E-state index contributed by atoms with van der Waals surface area (Å²) in [4.78, 5) is 1.88. The molecule has 0 aliphatic heterocycles. The molecule has 2 rings (SSSR count). The lowest BCUT2D eigenvalue weighted by molar-refractivity contribution is 0.408. The van der Waals surface area contributed by atoms with Crippen molar-refractivity contribution in [3.8, 4) is 5.75 Å². The zero-order valence-corrected chi connectivity index (χ0v) is 11.7. The van der Waals surface area contributed by atoms with Gasteiger partial charge < -0.3 is 14.1 Å². The Hall–Kier alpha value is -1.75. The number of hydrogen-bond acceptors (Lipinski definition) is 5. The molecule has 0 atom stereocenters. The lowest BCUT2D eigenvalue weighted by Crippen LogP contribution is -2.17. The molecule has 0 aliphatic rings. The fourth-order valence-corrected chi connectivity index (χ4v) is 1.90. The van der Waals surface area contributed by atoms with Crippen LogP contribution in [0.15, 0.2) is 28.7 Å². The molecule has 0 saturated carbocycles. The van der Waals surface area contributed by atoms with Crippen molar-refractivity contribution in [1.29, 1.82) is 0 Å². The van der Waals surface area contributed by atoms with E-state index >= 15 is 0 Å². The normalized spacial score (nSPS) is 10.5. The Labute approximate surface area is 117 Å². The van der Waals surface area contributed by atoms with Crippen LogP contribution < -0.4 is 9.64 Å². The molecule has 0 bridgehead atoms. The summed E-state index contributed by atoms with van der Waals surface area (Å²) in [5, 5.41) is 7.93. The van der Waals surface area contributed by atoms with E-state index < -0.39 is 0 Å². The summed E-state index contributed by atoms with van der Waals surface area (Å²) in [5.41, 5.74) is 1.06. The fraction of sp³-hybridized carbons (Fsp3) is 0.385. The standard InChI is InChI=1S/C13H16ClN3O2/c1-17(13-16-15-12(19-13)7-8-14)9-10-5-3-4-6-11(10)18-2/h3-6H,7-9H2,1-2H3. The Morgan fingerprint density at radius 2 is 2.11 bits per heavy atom. The first-order valence-corrected chi connectivity index (χ1v) is 6.49. The molecule has 1 aromatic heterocycles. The predicted octanol–water partition coefficient (Wildman–Crippen LogP) is 2.50. The molecule has 0 radical (unpaired) electrons. The first-order chi connectivity index (χ1) is 9.24. The van der Waals surface area contributed by atoms with E-state index in [1.54, 1.807) is 7.11 Å². The molecule has 1 heterocycles. The summed E-state index contributed by atoms with van der Waals surface area (Å²) in [6.45, 7) is 0.631. The van der Waals surface area contributed by atoms with Crippen molar-refractivity contribution in [3.63, 3.8) is 0 Å². The van der Waals surface area contributed by atoms with Gasteiger partial charge in [0.15, 0.2) is 0 Å². The second-order valence-electron chi connectivity index (χ2n) is 4.09.